The molecule has 0 heterocycles. The molecule has 1 aromatic carbocycles. The van der Waals surface area contributed by atoms with E-state index in [9.17, 15) is 0 Å². The van der Waals surface area contributed by atoms with Gasteiger partial charge in [0, 0.05) is 0 Å². The lowest BCUT2D eigenvalue weighted by Gasteiger charge is -2.08. The number of nitrogens with two attached hydrogens (primary N) is 1. The predicted octanol–water partition coefficient (Wildman–Crippen LogP) is 0.715. The molecule has 0 unspecified atom stereocenters. The highest BCUT2D eigenvalue weighted by Gasteiger charge is 2.04. The third-order valence-electron chi connectivity index (χ3n) is 2.27. The zero-order valence-corrected chi connectivity index (χ0v) is 9.36. The quantitative estimate of drug-likeness (QED) is 0.346. The monoisotopic (exact) mass is 231 g/mol. The molecule has 0 aliphatic carbocycles. The Balaban J connectivity index is 2.97. The highest BCUT2D eigenvalue weighted by Crippen LogP contribution is 2.18. The van der Waals surface area contributed by atoms with E-state index in [4.69, 9.17) is 21.5 Å². The summed E-state index contributed by atoms with van der Waals surface area (Å²) in [4.78, 5) is 0. The van der Waals surface area contributed by atoms with Crippen molar-refractivity contribution < 1.29 is 5.11 Å². The lowest BCUT2D eigenvalue weighted by molar-refractivity contribution is 0.281. The van der Waals surface area contributed by atoms with Crippen molar-refractivity contribution in [3.8, 4) is 6.07 Å². The number of rotatable bonds is 4. The summed E-state index contributed by atoms with van der Waals surface area (Å²) in [6.45, 7) is 1.76. The smallest absolute Gasteiger partial charge is 0.201 e. The number of nitriles is 1. The maximum Gasteiger partial charge on any atom is 0.201 e. The third kappa shape index (κ3) is 3.03. The summed E-state index contributed by atoms with van der Waals surface area (Å²) < 4.78 is 0. The van der Waals surface area contributed by atoms with Gasteiger partial charge in [0.1, 0.15) is 6.07 Å². The summed E-state index contributed by atoms with van der Waals surface area (Å²) in [7, 11) is 0. The summed E-state index contributed by atoms with van der Waals surface area (Å²) in [6, 6.07) is 7.02. The number of hydrogen-bond acceptors (Lipinski definition) is 5. The third-order valence-corrected chi connectivity index (χ3v) is 2.27. The van der Waals surface area contributed by atoms with Crippen LogP contribution in [-0.2, 0) is 6.61 Å². The zero-order chi connectivity index (χ0) is 12.8. The van der Waals surface area contributed by atoms with Crippen molar-refractivity contribution in [2.45, 2.75) is 13.5 Å². The molecule has 0 bridgehead atoms. The van der Waals surface area contributed by atoms with E-state index in [1.54, 1.807) is 24.3 Å². The Morgan fingerprint density at radius 2 is 2.35 bits per heavy atom. The van der Waals surface area contributed by atoms with Crippen molar-refractivity contribution in [3.05, 3.63) is 29.3 Å². The number of nitrogens with one attached hydrogen (secondary N) is 2. The van der Waals surface area contributed by atoms with Gasteiger partial charge >= 0.3 is 0 Å². The molecular formula is C11H13N5O. The van der Waals surface area contributed by atoms with Crippen LogP contribution in [0.3, 0.4) is 0 Å². The van der Waals surface area contributed by atoms with Gasteiger partial charge in [-0.2, -0.15) is 10.4 Å². The van der Waals surface area contributed by atoms with Crippen molar-refractivity contribution in [1.29, 1.82) is 10.7 Å². The van der Waals surface area contributed by atoms with E-state index in [0.717, 1.165) is 11.1 Å². The molecule has 88 valence electrons. The minimum absolute atomic E-state index is 0.0666. The summed E-state index contributed by atoms with van der Waals surface area (Å²) in [5.74, 6) is -0.393. The van der Waals surface area contributed by atoms with Crippen molar-refractivity contribution in [1.82, 2.24) is 0 Å². The van der Waals surface area contributed by atoms with Gasteiger partial charge in [-0.1, -0.05) is 12.1 Å². The lowest BCUT2D eigenvalue weighted by Crippen LogP contribution is -2.22. The van der Waals surface area contributed by atoms with Gasteiger partial charge in [0.05, 0.1) is 12.3 Å². The van der Waals surface area contributed by atoms with E-state index >= 15 is 0 Å². The Hall–Kier alpha value is -2.39. The van der Waals surface area contributed by atoms with Crippen molar-refractivity contribution in [2.24, 2.45) is 10.8 Å². The normalized spacial score (nSPS) is 10.8. The molecule has 0 aromatic heterocycles. The molecule has 0 amide bonds. The standard InChI is InChI=1S/C11H13N5O/c1-7-8(6-17)3-2-4-9(7)15-16-10(5-12)11(13)14/h2-4,15,17H,6H2,1H3,(H3,13,14)/b16-10+. The molecule has 1 rings (SSSR count). The van der Waals surface area contributed by atoms with Gasteiger partial charge in [-0.3, -0.25) is 10.8 Å². The van der Waals surface area contributed by atoms with Crippen LogP contribution in [0.25, 0.3) is 0 Å². The summed E-state index contributed by atoms with van der Waals surface area (Å²) in [5.41, 5.74) is 9.89. The van der Waals surface area contributed by atoms with E-state index in [1.165, 1.54) is 0 Å². The first-order valence-corrected chi connectivity index (χ1v) is 4.87. The summed E-state index contributed by atoms with van der Waals surface area (Å²) in [6.07, 6.45) is 0. The van der Waals surface area contributed by atoms with E-state index in [-0.39, 0.29) is 12.3 Å². The number of hydrazone groups is 1. The minimum Gasteiger partial charge on any atom is -0.392 e. The molecule has 6 heteroatoms. The van der Waals surface area contributed by atoms with Crippen molar-refractivity contribution >= 4 is 17.2 Å². The fourth-order valence-corrected chi connectivity index (χ4v) is 1.24. The van der Waals surface area contributed by atoms with Crippen LogP contribution in [0.1, 0.15) is 11.1 Å². The van der Waals surface area contributed by atoms with Crippen LogP contribution in [-0.4, -0.2) is 16.7 Å². The number of amidine groups is 1. The van der Waals surface area contributed by atoms with E-state index < -0.39 is 5.84 Å². The maximum absolute atomic E-state index is 9.08. The molecule has 17 heavy (non-hydrogen) atoms. The second kappa shape index (κ2) is 5.63. The first kappa shape index (κ1) is 12.7. The Morgan fingerprint density at radius 3 is 2.88 bits per heavy atom. The highest BCUT2D eigenvalue weighted by atomic mass is 16.3. The topological polar surface area (TPSA) is 118 Å². The average molecular weight is 231 g/mol. The number of hydrogen-bond donors (Lipinski definition) is 4. The van der Waals surface area contributed by atoms with Gasteiger partial charge in [-0.25, -0.2) is 0 Å². The van der Waals surface area contributed by atoms with Crippen molar-refractivity contribution in [2.75, 3.05) is 5.43 Å². The number of benzene rings is 1. The van der Waals surface area contributed by atoms with Gasteiger partial charge in [-0.15, -0.1) is 0 Å². The second-order valence-electron chi connectivity index (χ2n) is 3.35. The molecular weight excluding hydrogens is 218 g/mol. The Morgan fingerprint density at radius 1 is 1.65 bits per heavy atom. The van der Waals surface area contributed by atoms with E-state index in [0.29, 0.717) is 5.69 Å². The average Bonchev–Trinajstić information content (AvgIpc) is 2.31. The summed E-state index contributed by atoms with van der Waals surface area (Å²) >= 11 is 0. The van der Waals surface area contributed by atoms with Crippen LogP contribution < -0.4 is 11.2 Å². The molecule has 0 radical (unpaired) electrons. The SMILES string of the molecule is Cc1c(CO)cccc1N/N=C(\C#N)C(=N)N. The fraction of sp³-hybridized carbons (Fsp3) is 0.182. The van der Waals surface area contributed by atoms with Gasteiger partial charge in [-0.05, 0) is 24.1 Å². The molecule has 0 aliphatic rings. The number of aliphatic hydroxyl groups excluding tert-OH is 1. The molecule has 1 aromatic rings. The Bertz CT molecular complexity index is 501. The van der Waals surface area contributed by atoms with Crippen LogP contribution >= 0.6 is 0 Å². The molecule has 0 saturated carbocycles. The minimum atomic E-state index is -0.393. The molecule has 0 saturated heterocycles. The molecule has 0 fully saturated rings. The van der Waals surface area contributed by atoms with Crippen LogP contribution in [0.2, 0.25) is 0 Å². The van der Waals surface area contributed by atoms with Gasteiger partial charge in [0.25, 0.3) is 0 Å². The van der Waals surface area contributed by atoms with Crippen LogP contribution in [0.4, 0.5) is 5.69 Å². The maximum atomic E-state index is 9.08. The molecule has 6 nitrogen and oxygen atoms in total. The Kier molecular flexibility index (Phi) is 4.20. The largest absolute Gasteiger partial charge is 0.392 e. The van der Waals surface area contributed by atoms with E-state index in [2.05, 4.69) is 10.5 Å². The number of anilines is 1. The first-order chi connectivity index (χ1) is 8.10. The van der Waals surface area contributed by atoms with Crippen molar-refractivity contribution in [3.63, 3.8) is 0 Å². The molecule has 5 N–H and O–H groups in total. The zero-order valence-electron chi connectivity index (χ0n) is 9.36. The summed E-state index contributed by atoms with van der Waals surface area (Å²) in [5, 5.41) is 28.6. The van der Waals surface area contributed by atoms with E-state index in [1.807, 2.05) is 6.92 Å². The first-order valence-electron chi connectivity index (χ1n) is 4.87. The van der Waals surface area contributed by atoms with Crippen LogP contribution in [0.5, 0.6) is 0 Å². The van der Waals surface area contributed by atoms with Gasteiger partial charge in [0.2, 0.25) is 5.71 Å². The van der Waals surface area contributed by atoms with Crippen LogP contribution in [0.15, 0.2) is 23.3 Å². The molecule has 0 aliphatic heterocycles. The van der Waals surface area contributed by atoms with Gasteiger partial charge in [0.15, 0.2) is 5.84 Å². The molecule has 0 atom stereocenters. The highest BCUT2D eigenvalue weighted by molar-refractivity contribution is 6.45. The fourth-order valence-electron chi connectivity index (χ4n) is 1.24. The second-order valence-corrected chi connectivity index (χ2v) is 3.35. The predicted molar refractivity (Wildman–Crippen MR) is 65.7 cm³/mol. The lowest BCUT2D eigenvalue weighted by atomic mass is 10.1. The van der Waals surface area contributed by atoms with Gasteiger partial charge < -0.3 is 10.8 Å². The Labute approximate surface area is 98.9 Å². The number of nitrogens with zero attached hydrogens (tertiary/aromatic N) is 2. The number of aliphatic hydroxyl groups is 1. The van der Waals surface area contributed by atoms with Crippen LogP contribution in [0, 0.1) is 23.7 Å². The molecule has 0 spiro atoms.